The maximum Gasteiger partial charge on any atom is 0.408 e. The third-order valence-corrected chi connectivity index (χ3v) is 8.59. The van der Waals surface area contributed by atoms with Crippen molar-refractivity contribution in [2.75, 3.05) is 5.32 Å². The first kappa shape index (κ1) is 33.0. The monoisotopic (exact) mass is 604 g/mol. The lowest BCUT2D eigenvalue weighted by atomic mass is 9.71. The Hall–Kier alpha value is -3.88. The van der Waals surface area contributed by atoms with Crippen LogP contribution in [0, 0.1) is 5.92 Å². The number of hydrogen-bond donors (Lipinski definition) is 4. The minimum Gasteiger partial charge on any atom is -0.444 e. The summed E-state index contributed by atoms with van der Waals surface area (Å²) >= 11 is 0. The first-order valence-corrected chi connectivity index (χ1v) is 16.1. The molecule has 0 unspecified atom stereocenters. The molecule has 2 aliphatic carbocycles. The minimum atomic E-state index is -0.668. The van der Waals surface area contributed by atoms with Crippen LogP contribution in [0.1, 0.15) is 108 Å². The van der Waals surface area contributed by atoms with E-state index in [0.29, 0.717) is 17.7 Å². The Morgan fingerprint density at radius 2 is 1.52 bits per heavy atom. The van der Waals surface area contributed by atoms with Crippen LogP contribution in [0.25, 0.3) is 0 Å². The zero-order valence-electron chi connectivity index (χ0n) is 26.5. The number of nitrogens with one attached hydrogen (secondary N) is 4. The number of benzene rings is 2. The third-order valence-electron chi connectivity index (χ3n) is 8.59. The van der Waals surface area contributed by atoms with Gasteiger partial charge < -0.3 is 26.0 Å². The maximum atomic E-state index is 13.8. The number of rotatable bonds is 11. The number of carbonyl (C=O) groups is 4. The van der Waals surface area contributed by atoms with Crippen LogP contribution in [0.2, 0.25) is 0 Å². The van der Waals surface area contributed by atoms with Crippen molar-refractivity contribution in [1.82, 2.24) is 16.0 Å². The zero-order chi connectivity index (χ0) is 31.7. The van der Waals surface area contributed by atoms with Gasteiger partial charge in [-0.3, -0.25) is 14.4 Å². The fraction of sp³-hybridized carbons (Fsp3) is 0.543. The van der Waals surface area contributed by atoms with Gasteiger partial charge in [0.25, 0.3) is 5.91 Å². The summed E-state index contributed by atoms with van der Waals surface area (Å²) in [6.45, 7) is 7.39. The van der Waals surface area contributed by atoms with Crippen molar-refractivity contribution >= 4 is 29.5 Å². The second-order valence-corrected chi connectivity index (χ2v) is 13.2. The summed E-state index contributed by atoms with van der Waals surface area (Å²) in [6.07, 6.45) is 8.23. The highest BCUT2D eigenvalue weighted by Gasteiger charge is 2.43. The van der Waals surface area contributed by atoms with Gasteiger partial charge in [-0.05, 0) is 95.0 Å². The van der Waals surface area contributed by atoms with E-state index in [1.165, 1.54) is 0 Å². The molecule has 2 aromatic carbocycles. The van der Waals surface area contributed by atoms with Gasteiger partial charge in [0.05, 0.1) is 5.54 Å². The van der Waals surface area contributed by atoms with Crippen LogP contribution < -0.4 is 21.3 Å². The van der Waals surface area contributed by atoms with Crippen LogP contribution in [0.15, 0.2) is 54.6 Å². The van der Waals surface area contributed by atoms with Gasteiger partial charge in [0.1, 0.15) is 17.7 Å². The first-order chi connectivity index (χ1) is 21.0. The standard InChI is InChI=1S/C35H48N4O5/c1-5-13-28(37-30(40)25-16-10-7-11-17-25)31(41)36-27-20-18-26(19-21-27)35(22-12-23-35)39-32(42)29(24-14-8-6-9-15-24)38-33(43)44-34(2,3)4/h7,10-11,16-21,24,28-29H,5-6,8-9,12-15,22-23H2,1-4H3,(H,36,41)(H,37,40)(H,38,43)(H,39,42)/t28-,29-/m0/s1. The molecule has 4 N–H and O–H groups in total. The predicted molar refractivity (Wildman–Crippen MR) is 171 cm³/mol. The Kier molecular flexibility index (Phi) is 11.1. The summed E-state index contributed by atoms with van der Waals surface area (Å²) in [5.41, 5.74) is 0.883. The molecule has 2 aliphatic rings. The lowest BCUT2D eigenvalue weighted by Gasteiger charge is -2.44. The van der Waals surface area contributed by atoms with E-state index in [1.54, 1.807) is 24.3 Å². The van der Waals surface area contributed by atoms with Crippen molar-refractivity contribution in [3.63, 3.8) is 0 Å². The van der Waals surface area contributed by atoms with Crippen LogP contribution in [-0.2, 0) is 19.9 Å². The number of carbonyl (C=O) groups excluding carboxylic acids is 4. The molecule has 2 aromatic rings. The molecule has 9 nitrogen and oxygen atoms in total. The summed E-state index contributed by atoms with van der Waals surface area (Å²) in [4.78, 5) is 52.3. The topological polar surface area (TPSA) is 126 Å². The molecule has 0 heterocycles. The van der Waals surface area contributed by atoms with E-state index in [0.717, 1.165) is 63.4 Å². The van der Waals surface area contributed by atoms with Crippen LogP contribution in [-0.4, -0.2) is 41.5 Å². The van der Waals surface area contributed by atoms with Crippen LogP contribution >= 0.6 is 0 Å². The van der Waals surface area contributed by atoms with E-state index in [-0.39, 0.29) is 23.6 Å². The Morgan fingerprint density at radius 1 is 0.864 bits per heavy atom. The van der Waals surface area contributed by atoms with E-state index in [4.69, 9.17) is 4.74 Å². The number of hydrogen-bond acceptors (Lipinski definition) is 5. The van der Waals surface area contributed by atoms with Gasteiger partial charge in [-0.25, -0.2) is 4.79 Å². The fourth-order valence-corrected chi connectivity index (χ4v) is 6.12. The van der Waals surface area contributed by atoms with Gasteiger partial charge in [0, 0.05) is 11.3 Å². The average molecular weight is 605 g/mol. The van der Waals surface area contributed by atoms with Gasteiger partial charge in [0.2, 0.25) is 11.8 Å². The maximum absolute atomic E-state index is 13.8. The van der Waals surface area contributed by atoms with Crippen LogP contribution in [0.4, 0.5) is 10.5 Å². The summed E-state index contributed by atoms with van der Waals surface area (Å²) < 4.78 is 5.50. The van der Waals surface area contributed by atoms with E-state index in [1.807, 2.05) is 58.0 Å². The lowest BCUT2D eigenvalue weighted by Crippen LogP contribution is -2.59. The van der Waals surface area contributed by atoms with E-state index < -0.39 is 29.3 Å². The summed E-state index contributed by atoms with van der Waals surface area (Å²) in [7, 11) is 0. The second-order valence-electron chi connectivity index (χ2n) is 13.2. The number of ether oxygens (including phenoxy) is 1. The van der Waals surface area contributed by atoms with Crippen molar-refractivity contribution in [2.24, 2.45) is 5.92 Å². The molecule has 238 valence electrons. The predicted octanol–water partition coefficient (Wildman–Crippen LogP) is 6.19. The molecule has 2 saturated carbocycles. The highest BCUT2D eigenvalue weighted by Crippen LogP contribution is 2.42. The van der Waals surface area contributed by atoms with Gasteiger partial charge >= 0.3 is 6.09 Å². The molecule has 9 heteroatoms. The molecule has 0 spiro atoms. The van der Waals surface area contributed by atoms with E-state index in [9.17, 15) is 19.2 Å². The van der Waals surface area contributed by atoms with Crippen molar-refractivity contribution in [2.45, 2.75) is 115 Å². The van der Waals surface area contributed by atoms with Crippen molar-refractivity contribution in [1.29, 1.82) is 0 Å². The highest BCUT2D eigenvalue weighted by molar-refractivity contribution is 6.01. The molecular formula is C35H48N4O5. The summed E-state index contributed by atoms with van der Waals surface area (Å²) in [6, 6.07) is 15.1. The fourth-order valence-electron chi connectivity index (χ4n) is 6.12. The van der Waals surface area contributed by atoms with Crippen molar-refractivity contribution < 1.29 is 23.9 Å². The summed E-state index contributed by atoms with van der Waals surface area (Å²) in [5.74, 6) is -0.690. The molecule has 4 amide bonds. The molecule has 2 fully saturated rings. The second kappa shape index (κ2) is 14.7. The number of alkyl carbamates (subject to hydrolysis) is 1. The molecule has 0 saturated heterocycles. The van der Waals surface area contributed by atoms with E-state index in [2.05, 4.69) is 21.3 Å². The SMILES string of the molecule is CCC[C@H](NC(=O)c1ccccc1)C(=O)Nc1ccc(C2(NC(=O)[C@@H](NC(=O)OC(C)(C)C)C3CCCCC3)CCC2)cc1. The van der Waals surface area contributed by atoms with Crippen LogP contribution in [0.3, 0.4) is 0 Å². The Balaban J connectivity index is 1.43. The minimum absolute atomic E-state index is 0.0597. The lowest BCUT2D eigenvalue weighted by molar-refractivity contribution is -0.128. The highest BCUT2D eigenvalue weighted by atomic mass is 16.6. The van der Waals surface area contributed by atoms with Gasteiger partial charge in [-0.15, -0.1) is 0 Å². The third kappa shape index (κ3) is 8.83. The average Bonchev–Trinajstić information content (AvgIpc) is 2.98. The molecule has 0 aromatic heterocycles. The Labute approximate surface area is 261 Å². The van der Waals surface area contributed by atoms with Gasteiger partial charge in [0.15, 0.2) is 0 Å². The Morgan fingerprint density at radius 3 is 2.09 bits per heavy atom. The van der Waals surface area contributed by atoms with Crippen LogP contribution in [0.5, 0.6) is 0 Å². The molecule has 0 aliphatic heterocycles. The van der Waals surface area contributed by atoms with Gasteiger partial charge in [-0.2, -0.15) is 0 Å². The first-order valence-electron chi connectivity index (χ1n) is 16.1. The van der Waals surface area contributed by atoms with E-state index >= 15 is 0 Å². The largest absolute Gasteiger partial charge is 0.444 e. The molecule has 0 radical (unpaired) electrons. The molecule has 4 rings (SSSR count). The molecule has 44 heavy (non-hydrogen) atoms. The molecule has 0 bridgehead atoms. The Bertz CT molecular complexity index is 1280. The number of amides is 4. The van der Waals surface area contributed by atoms with Crippen molar-refractivity contribution in [3.05, 3.63) is 65.7 Å². The molecular weight excluding hydrogens is 556 g/mol. The normalized spacial score (nSPS) is 17.7. The smallest absolute Gasteiger partial charge is 0.408 e. The van der Waals surface area contributed by atoms with Crippen molar-refractivity contribution in [3.8, 4) is 0 Å². The number of anilines is 1. The summed E-state index contributed by atoms with van der Waals surface area (Å²) in [5, 5.41) is 12.0. The quantitative estimate of drug-likeness (QED) is 0.243. The zero-order valence-corrected chi connectivity index (χ0v) is 26.5. The van der Waals surface area contributed by atoms with Gasteiger partial charge in [-0.1, -0.05) is 62.9 Å². The molecule has 2 atom stereocenters.